The third-order valence-electron chi connectivity index (χ3n) is 2.87. The Morgan fingerprint density at radius 1 is 1.47 bits per heavy atom. The second-order valence-corrected chi connectivity index (χ2v) is 5.97. The average Bonchev–Trinajstić information content (AvgIpc) is 2.27. The van der Waals surface area contributed by atoms with Crippen molar-refractivity contribution in [2.75, 3.05) is 24.2 Å². The summed E-state index contributed by atoms with van der Waals surface area (Å²) in [6, 6.07) is 5.06. The maximum atomic E-state index is 11.7. The van der Waals surface area contributed by atoms with E-state index >= 15 is 0 Å². The van der Waals surface area contributed by atoms with Gasteiger partial charge in [-0.2, -0.15) is 0 Å². The second-order valence-electron chi connectivity index (χ2n) is 4.06. The minimum absolute atomic E-state index is 0.292. The SMILES string of the molecule is COc1ccc2c(c1)N(S(C)(=O)=O)CCC2O. The first-order valence-corrected chi connectivity index (χ1v) is 7.12. The van der Waals surface area contributed by atoms with Crippen molar-refractivity contribution in [1.82, 2.24) is 0 Å². The van der Waals surface area contributed by atoms with Crippen LogP contribution in [-0.4, -0.2) is 33.4 Å². The molecule has 0 fully saturated rings. The summed E-state index contributed by atoms with van der Waals surface area (Å²) >= 11 is 0. The minimum Gasteiger partial charge on any atom is -0.497 e. The van der Waals surface area contributed by atoms with Crippen molar-refractivity contribution in [2.45, 2.75) is 12.5 Å². The van der Waals surface area contributed by atoms with Gasteiger partial charge in [0.15, 0.2) is 0 Å². The van der Waals surface area contributed by atoms with Crippen molar-refractivity contribution in [2.24, 2.45) is 0 Å². The molecule has 0 spiro atoms. The van der Waals surface area contributed by atoms with Crippen LogP contribution in [-0.2, 0) is 10.0 Å². The van der Waals surface area contributed by atoms with E-state index in [2.05, 4.69) is 0 Å². The van der Waals surface area contributed by atoms with Crippen LogP contribution in [0.4, 0.5) is 5.69 Å². The minimum atomic E-state index is -3.32. The van der Waals surface area contributed by atoms with E-state index in [0.29, 0.717) is 30.0 Å². The number of nitrogens with zero attached hydrogens (tertiary/aromatic N) is 1. The van der Waals surface area contributed by atoms with Crippen LogP contribution in [0.15, 0.2) is 18.2 Å². The van der Waals surface area contributed by atoms with Crippen molar-refractivity contribution in [3.63, 3.8) is 0 Å². The maximum Gasteiger partial charge on any atom is 0.232 e. The van der Waals surface area contributed by atoms with Gasteiger partial charge in [-0.1, -0.05) is 6.07 Å². The van der Waals surface area contributed by atoms with E-state index in [-0.39, 0.29) is 0 Å². The van der Waals surface area contributed by atoms with Crippen molar-refractivity contribution in [3.8, 4) is 5.75 Å². The largest absolute Gasteiger partial charge is 0.497 e. The third kappa shape index (κ3) is 2.23. The highest BCUT2D eigenvalue weighted by Crippen LogP contribution is 2.37. The number of hydrogen-bond donors (Lipinski definition) is 1. The molecule has 0 amide bonds. The number of benzene rings is 1. The summed E-state index contributed by atoms with van der Waals surface area (Å²) < 4.78 is 29.7. The highest BCUT2D eigenvalue weighted by Gasteiger charge is 2.29. The first-order chi connectivity index (χ1) is 7.93. The predicted molar refractivity (Wildman–Crippen MR) is 64.8 cm³/mol. The highest BCUT2D eigenvalue weighted by atomic mass is 32.2. The van der Waals surface area contributed by atoms with Gasteiger partial charge in [0.05, 0.1) is 25.2 Å². The number of fused-ring (bicyclic) bond motifs is 1. The van der Waals surface area contributed by atoms with Crippen molar-refractivity contribution < 1.29 is 18.3 Å². The number of anilines is 1. The van der Waals surface area contributed by atoms with Crippen LogP contribution < -0.4 is 9.04 Å². The van der Waals surface area contributed by atoms with Crippen LogP contribution in [0.3, 0.4) is 0 Å². The Morgan fingerprint density at radius 3 is 2.76 bits per heavy atom. The molecule has 1 atom stereocenters. The second kappa shape index (κ2) is 4.19. The lowest BCUT2D eigenvalue weighted by atomic mass is 10.0. The van der Waals surface area contributed by atoms with Gasteiger partial charge in [0.25, 0.3) is 0 Å². The van der Waals surface area contributed by atoms with Gasteiger partial charge in [0.1, 0.15) is 5.75 Å². The number of aliphatic hydroxyl groups is 1. The fraction of sp³-hybridized carbons (Fsp3) is 0.455. The maximum absolute atomic E-state index is 11.7. The van der Waals surface area contributed by atoms with Gasteiger partial charge in [0.2, 0.25) is 10.0 Å². The lowest BCUT2D eigenvalue weighted by molar-refractivity contribution is 0.166. The first kappa shape index (κ1) is 12.2. The number of rotatable bonds is 2. The quantitative estimate of drug-likeness (QED) is 0.854. The van der Waals surface area contributed by atoms with Crippen LogP contribution >= 0.6 is 0 Å². The van der Waals surface area contributed by atoms with Gasteiger partial charge >= 0.3 is 0 Å². The molecule has 0 aromatic heterocycles. The molecule has 0 bridgehead atoms. The van der Waals surface area contributed by atoms with E-state index in [1.54, 1.807) is 18.2 Å². The topological polar surface area (TPSA) is 66.8 Å². The van der Waals surface area contributed by atoms with E-state index in [1.807, 2.05) is 0 Å². The fourth-order valence-corrected chi connectivity index (χ4v) is 2.96. The molecule has 0 radical (unpaired) electrons. The van der Waals surface area contributed by atoms with E-state index in [4.69, 9.17) is 4.74 Å². The number of hydrogen-bond acceptors (Lipinski definition) is 4. The van der Waals surface area contributed by atoms with E-state index in [1.165, 1.54) is 11.4 Å². The summed E-state index contributed by atoms with van der Waals surface area (Å²) in [5.41, 5.74) is 1.13. The molecular formula is C11H15NO4S. The van der Waals surface area contributed by atoms with Gasteiger partial charge in [-0.3, -0.25) is 4.31 Å². The number of ether oxygens (including phenoxy) is 1. The zero-order valence-electron chi connectivity index (χ0n) is 9.75. The molecule has 0 saturated carbocycles. The molecule has 1 aromatic carbocycles. The molecule has 1 heterocycles. The lowest BCUT2D eigenvalue weighted by Crippen LogP contribution is -2.35. The molecule has 1 aromatic rings. The number of sulfonamides is 1. The normalized spacial score (nSPS) is 19.9. The van der Waals surface area contributed by atoms with Gasteiger partial charge in [-0.05, 0) is 12.5 Å². The van der Waals surface area contributed by atoms with Crippen molar-refractivity contribution in [3.05, 3.63) is 23.8 Å². The summed E-state index contributed by atoms with van der Waals surface area (Å²) in [6.45, 7) is 0.292. The van der Waals surface area contributed by atoms with E-state index < -0.39 is 16.1 Å². The van der Waals surface area contributed by atoms with Gasteiger partial charge in [-0.15, -0.1) is 0 Å². The Bertz CT molecular complexity index is 526. The van der Waals surface area contributed by atoms with Crippen molar-refractivity contribution >= 4 is 15.7 Å². The molecule has 0 saturated heterocycles. The van der Waals surface area contributed by atoms with Gasteiger partial charge in [-0.25, -0.2) is 8.42 Å². The summed E-state index contributed by atoms with van der Waals surface area (Å²) in [5.74, 6) is 0.575. The molecule has 1 aliphatic heterocycles. The molecule has 2 rings (SSSR count). The monoisotopic (exact) mass is 257 g/mol. The average molecular weight is 257 g/mol. The Balaban J connectivity index is 2.56. The lowest BCUT2D eigenvalue weighted by Gasteiger charge is -2.32. The van der Waals surface area contributed by atoms with E-state index in [0.717, 1.165) is 6.26 Å². The third-order valence-corrected chi connectivity index (χ3v) is 4.05. The molecule has 94 valence electrons. The Morgan fingerprint density at radius 2 is 2.18 bits per heavy atom. The Kier molecular flexibility index (Phi) is 3.01. The molecule has 1 unspecified atom stereocenters. The molecular weight excluding hydrogens is 242 g/mol. The van der Waals surface area contributed by atoms with Crippen LogP contribution in [0.5, 0.6) is 5.75 Å². The zero-order chi connectivity index (χ0) is 12.6. The molecule has 0 aliphatic carbocycles. The number of aliphatic hydroxyl groups excluding tert-OH is 1. The van der Waals surface area contributed by atoms with Crippen LogP contribution in [0, 0.1) is 0 Å². The molecule has 6 heteroatoms. The molecule has 17 heavy (non-hydrogen) atoms. The van der Waals surface area contributed by atoms with Crippen LogP contribution in [0.1, 0.15) is 18.1 Å². The van der Waals surface area contributed by atoms with Gasteiger partial charge in [0, 0.05) is 18.2 Å². The van der Waals surface area contributed by atoms with Crippen molar-refractivity contribution in [1.29, 1.82) is 0 Å². The molecule has 5 nitrogen and oxygen atoms in total. The first-order valence-electron chi connectivity index (χ1n) is 5.27. The summed E-state index contributed by atoms with van der Waals surface area (Å²) in [5, 5.41) is 9.85. The van der Waals surface area contributed by atoms with E-state index in [9.17, 15) is 13.5 Å². The van der Waals surface area contributed by atoms with Crippen LogP contribution in [0.25, 0.3) is 0 Å². The standard InChI is InChI=1S/C11H15NO4S/c1-16-8-3-4-9-10(7-8)12(17(2,14)15)6-5-11(9)13/h3-4,7,11,13H,5-6H2,1-2H3. The Hall–Kier alpha value is -1.27. The van der Waals surface area contributed by atoms with Crippen LogP contribution in [0.2, 0.25) is 0 Å². The smallest absolute Gasteiger partial charge is 0.232 e. The fourth-order valence-electron chi connectivity index (χ4n) is 2.01. The summed E-state index contributed by atoms with van der Waals surface area (Å²) in [6.07, 6.45) is 0.953. The zero-order valence-corrected chi connectivity index (χ0v) is 10.6. The summed E-state index contributed by atoms with van der Waals surface area (Å²) in [7, 11) is -1.80. The number of methoxy groups -OCH3 is 1. The predicted octanol–water partition coefficient (Wildman–Crippen LogP) is 0.898. The molecule has 1 aliphatic rings. The summed E-state index contributed by atoms with van der Waals surface area (Å²) in [4.78, 5) is 0. The Labute approximate surface area is 101 Å². The highest BCUT2D eigenvalue weighted by molar-refractivity contribution is 7.92. The van der Waals surface area contributed by atoms with Gasteiger partial charge < -0.3 is 9.84 Å². The molecule has 1 N–H and O–H groups in total.